The Labute approximate surface area is 75.8 Å². The average Bonchev–Trinajstić information content (AvgIpc) is 2.09. The maximum atomic E-state index is 5.47. The normalized spacial score (nSPS) is 23.5. The fourth-order valence-corrected chi connectivity index (χ4v) is 1.85. The summed E-state index contributed by atoms with van der Waals surface area (Å²) >= 11 is 0. The van der Waals surface area contributed by atoms with E-state index in [0.29, 0.717) is 0 Å². The van der Waals surface area contributed by atoms with Gasteiger partial charge in [-0.1, -0.05) is 19.8 Å². The van der Waals surface area contributed by atoms with Gasteiger partial charge < -0.3 is 4.74 Å². The summed E-state index contributed by atoms with van der Waals surface area (Å²) in [5.74, 6) is 2.16. The van der Waals surface area contributed by atoms with Crippen LogP contribution >= 0.6 is 0 Å². The van der Waals surface area contributed by atoms with Gasteiger partial charge in [-0.3, -0.25) is 0 Å². The Morgan fingerprint density at radius 1 is 1.50 bits per heavy atom. The van der Waals surface area contributed by atoms with Crippen LogP contribution in [0.4, 0.5) is 0 Å². The van der Waals surface area contributed by atoms with Gasteiger partial charge in [0.25, 0.3) is 0 Å². The molecule has 0 radical (unpaired) electrons. The van der Waals surface area contributed by atoms with Gasteiger partial charge >= 0.3 is 0 Å². The first-order valence-electron chi connectivity index (χ1n) is 5.18. The minimum absolute atomic E-state index is 0.824. The van der Waals surface area contributed by atoms with Gasteiger partial charge in [-0.25, -0.2) is 0 Å². The average molecular weight is 168 g/mol. The standard InChI is InChI=1S/C11H20O/c1-3-5-10-6-8-11(9-7-10)12-4-2/h8,10H,3-7,9H2,1-2H3/t10-/m0/s1. The predicted octanol–water partition coefficient (Wildman–Crippen LogP) is 3.51. The lowest BCUT2D eigenvalue weighted by Crippen LogP contribution is -2.07. The molecule has 0 heterocycles. The van der Waals surface area contributed by atoms with Crippen molar-refractivity contribution in [3.05, 3.63) is 11.8 Å². The molecule has 0 aromatic carbocycles. The Balaban J connectivity index is 2.26. The van der Waals surface area contributed by atoms with E-state index in [1.807, 2.05) is 0 Å². The molecule has 70 valence electrons. The van der Waals surface area contributed by atoms with Crippen LogP contribution in [-0.2, 0) is 4.74 Å². The molecule has 1 atom stereocenters. The highest BCUT2D eigenvalue weighted by Gasteiger charge is 2.13. The maximum absolute atomic E-state index is 5.47. The van der Waals surface area contributed by atoms with Crippen molar-refractivity contribution in [3.8, 4) is 0 Å². The number of allylic oxidation sites excluding steroid dienone is 2. The molecule has 0 fully saturated rings. The van der Waals surface area contributed by atoms with Gasteiger partial charge in [0, 0.05) is 6.42 Å². The van der Waals surface area contributed by atoms with Crippen LogP contribution in [-0.4, -0.2) is 6.61 Å². The van der Waals surface area contributed by atoms with Crippen molar-refractivity contribution in [3.63, 3.8) is 0 Å². The quantitative estimate of drug-likeness (QED) is 0.624. The molecule has 0 aliphatic heterocycles. The smallest absolute Gasteiger partial charge is 0.0920 e. The van der Waals surface area contributed by atoms with Crippen LogP contribution in [0, 0.1) is 5.92 Å². The Kier molecular flexibility index (Phi) is 4.20. The van der Waals surface area contributed by atoms with Gasteiger partial charge in [0.15, 0.2) is 0 Å². The van der Waals surface area contributed by atoms with Crippen LogP contribution in [0.2, 0.25) is 0 Å². The molecule has 12 heavy (non-hydrogen) atoms. The third kappa shape index (κ3) is 2.88. The molecule has 0 bridgehead atoms. The van der Waals surface area contributed by atoms with Crippen LogP contribution in [0.1, 0.15) is 46.0 Å². The zero-order chi connectivity index (χ0) is 8.81. The first-order valence-corrected chi connectivity index (χ1v) is 5.18. The van der Waals surface area contributed by atoms with E-state index in [2.05, 4.69) is 19.9 Å². The molecular formula is C11H20O. The second-order valence-electron chi connectivity index (χ2n) is 3.53. The van der Waals surface area contributed by atoms with Gasteiger partial charge in [-0.15, -0.1) is 0 Å². The molecule has 1 nitrogen and oxygen atoms in total. The van der Waals surface area contributed by atoms with Crippen molar-refractivity contribution in [2.45, 2.75) is 46.0 Å². The molecule has 0 N–H and O–H groups in total. The van der Waals surface area contributed by atoms with E-state index < -0.39 is 0 Å². The molecule has 0 amide bonds. The van der Waals surface area contributed by atoms with Gasteiger partial charge in [0.05, 0.1) is 12.4 Å². The lowest BCUT2D eigenvalue weighted by molar-refractivity contribution is 0.201. The van der Waals surface area contributed by atoms with Crippen LogP contribution < -0.4 is 0 Å². The highest BCUT2D eigenvalue weighted by atomic mass is 16.5. The van der Waals surface area contributed by atoms with E-state index >= 15 is 0 Å². The number of hydrogen-bond donors (Lipinski definition) is 0. The van der Waals surface area contributed by atoms with Gasteiger partial charge in [-0.2, -0.15) is 0 Å². The third-order valence-corrected chi connectivity index (χ3v) is 2.50. The summed E-state index contributed by atoms with van der Waals surface area (Å²) in [5.41, 5.74) is 0. The molecule has 0 saturated carbocycles. The van der Waals surface area contributed by atoms with Crippen molar-refractivity contribution >= 4 is 0 Å². The summed E-state index contributed by atoms with van der Waals surface area (Å²) < 4.78 is 5.47. The summed E-state index contributed by atoms with van der Waals surface area (Å²) in [6, 6.07) is 0. The predicted molar refractivity (Wildman–Crippen MR) is 52.0 cm³/mol. The second kappa shape index (κ2) is 5.23. The largest absolute Gasteiger partial charge is 0.499 e. The van der Waals surface area contributed by atoms with Crippen LogP contribution in [0.3, 0.4) is 0 Å². The van der Waals surface area contributed by atoms with E-state index in [1.165, 1.54) is 37.9 Å². The molecule has 0 aromatic rings. The van der Waals surface area contributed by atoms with Crippen LogP contribution in [0.5, 0.6) is 0 Å². The Morgan fingerprint density at radius 2 is 2.33 bits per heavy atom. The highest BCUT2D eigenvalue weighted by Crippen LogP contribution is 2.27. The summed E-state index contributed by atoms with van der Waals surface area (Å²) in [6.07, 6.45) is 8.73. The first-order chi connectivity index (χ1) is 5.86. The molecule has 0 unspecified atom stereocenters. The monoisotopic (exact) mass is 168 g/mol. The SMILES string of the molecule is CCC[C@H]1CC=C(OCC)CC1. The lowest BCUT2D eigenvalue weighted by atomic mass is 9.90. The number of hydrogen-bond acceptors (Lipinski definition) is 1. The van der Waals surface area contributed by atoms with E-state index in [4.69, 9.17) is 4.74 Å². The molecule has 0 aromatic heterocycles. The first kappa shape index (κ1) is 9.63. The summed E-state index contributed by atoms with van der Waals surface area (Å²) in [4.78, 5) is 0. The minimum atomic E-state index is 0.824. The Morgan fingerprint density at radius 3 is 2.83 bits per heavy atom. The molecule has 0 saturated heterocycles. The molecular weight excluding hydrogens is 148 g/mol. The van der Waals surface area contributed by atoms with Crippen molar-refractivity contribution in [2.24, 2.45) is 5.92 Å². The van der Waals surface area contributed by atoms with Gasteiger partial charge in [0.2, 0.25) is 0 Å². The van der Waals surface area contributed by atoms with E-state index in [9.17, 15) is 0 Å². The van der Waals surface area contributed by atoms with Gasteiger partial charge in [0.1, 0.15) is 0 Å². The number of rotatable bonds is 4. The molecule has 1 heteroatoms. The molecule has 1 rings (SSSR count). The third-order valence-electron chi connectivity index (χ3n) is 2.50. The lowest BCUT2D eigenvalue weighted by Gasteiger charge is -2.21. The van der Waals surface area contributed by atoms with E-state index in [1.54, 1.807) is 0 Å². The minimum Gasteiger partial charge on any atom is -0.499 e. The van der Waals surface area contributed by atoms with Crippen molar-refractivity contribution < 1.29 is 4.74 Å². The fraction of sp³-hybridized carbons (Fsp3) is 0.818. The Bertz CT molecular complexity index is 149. The zero-order valence-corrected chi connectivity index (χ0v) is 8.31. The topological polar surface area (TPSA) is 9.23 Å². The molecule has 1 aliphatic carbocycles. The Hall–Kier alpha value is -0.460. The van der Waals surface area contributed by atoms with Crippen LogP contribution in [0.15, 0.2) is 11.8 Å². The maximum Gasteiger partial charge on any atom is 0.0920 e. The molecule has 1 aliphatic rings. The second-order valence-corrected chi connectivity index (χ2v) is 3.53. The highest BCUT2D eigenvalue weighted by molar-refractivity contribution is 4.98. The van der Waals surface area contributed by atoms with Crippen molar-refractivity contribution in [2.75, 3.05) is 6.61 Å². The van der Waals surface area contributed by atoms with E-state index in [0.717, 1.165) is 12.5 Å². The fourth-order valence-electron chi connectivity index (χ4n) is 1.85. The zero-order valence-electron chi connectivity index (χ0n) is 8.31. The number of ether oxygens (including phenoxy) is 1. The summed E-state index contributed by atoms with van der Waals surface area (Å²) in [5, 5.41) is 0. The summed E-state index contributed by atoms with van der Waals surface area (Å²) in [7, 11) is 0. The summed E-state index contributed by atoms with van der Waals surface area (Å²) in [6.45, 7) is 5.14. The van der Waals surface area contributed by atoms with Crippen molar-refractivity contribution in [1.29, 1.82) is 0 Å². The molecule has 0 spiro atoms. The van der Waals surface area contributed by atoms with Crippen LogP contribution in [0.25, 0.3) is 0 Å². The van der Waals surface area contributed by atoms with Gasteiger partial charge in [-0.05, 0) is 31.8 Å². The van der Waals surface area contributed by atoms with E-state index in [-0.39, 0.29) is 0 Å². The van der Waals surface area contributed by atoms with Crippen molar-refractivity contribution in [1.82, 2.24) is 0 Å².